The lowest BCUT2D eigenvalue weighted by Gasteiger charge is -2.21. The summed E-state index contributed by atoms with van der Waals surface area (Å²) in [5.74, 6) is -0.440. The molecular weight excluding hydrogens is 527 g/mol. The van der Waals surface area contributed by atoms with Crippen molar-refractivity contribution in [3.8, 4) is 0 Å². The van der Waals surface area contributed by atoms with Gasteiger partial charge >= 0.3 is 0 Å². The van der Waals surface area contributed by atoms with E-state index in [1.54, 1.807) is 7.05 Å². The van der Waals surface area contributed by atoms with Crippen LogP contribution in [0.4, 0.5) is 20.2 Å². The number of guanidine groups is 1. The van der Waals surface area contributed by atoms with Crippen LogP contribution in [0.3, 0.4) is 0 Å². The van der Waals surface area contributed by atoms with Crippen molar-refractivity contribution in [1.82, 2.24) is 10.6 Å². The first-order chi connectivity index (χ1) is 15.0. The number of anilines is 2. The fraction of sp³-hybridized carbons (Fsp3) is 0.391. The summed E-state index contributed by atoms with van der Waals surface area (Å²) >= 11 is 0. The van der Waals surface area contributed by atoms with Crippen molar-refractivity contribution in [3.05, 3.63) is 59.7 Å². The summed E-state index contributed by atoms with van der Waals surface area (Å²) in [6.07, 6.45) is 2.15. The highest BCUT2D eigenvalue weighted by molar-refractivity contribution is 14.0. The summed E-state index contributed by atoms with van der Waals surface area (Å²) in [6, 6.07) is 11.4. The minimum Gasteiger partial charge on any atom is -0.367 e. The number of rotatable bonds is 7. The highest BCUT2D eigenvalue weighted by Crippen LogP contribution is 2.24. The first-order valence-corrected chi connectivity index (χ1v) is 10.5. The quantitative estimate of drug-likeness (QED) is 0.271. The Balaban J connectivity index is 0.00000363. The third-order valence-electron chi connectivity index (χ3n) is 5.18. The maximum atomic E-state index is 14.0. The average molecular weight is 557 g/mol. The van der Waals surface area contributed by atoms with E-state index in [0.29, 0.717) is 37.7 Å². The molecule has 1 heterocycles. The summed E-state index contributed by atoms with van der Waals surface area (Å²) < 4.78 is 27.2. The van der Waals surface area contributed by atoms with Crippen LogP contribution in [-0.2, 0) is 11.3 Å². The zero-order valence-corrected chi connectivity index (χ0v) is 20.7. The number of aliphatic imine (C=N–C) groups is 1. The van der Waals surface area contributed by atoms with Gasteiger partial charge in [-0.15, -0.1) is 24.0 Å². The number of hydrogen-bond donors (Lipinski definition) is 3. The fourth-order valence-electron chi connectivity index (χ4n) is 3.56. The Bertz CT molecular complexity index is 923. The van der Waals surface area contributed by atoms with E-state index in [0.717, 1.165) is 30.2 Å². The van der Waals surface area contributed by atoms with Crippen molar-refractivity contribution in [2.24, 2.45) is 4.99 Å². The summed E-state index contributed by atoms with van der Waals surface area (Å²) in [7, 11) is 1.70. The van der Waals surface area contributed by atoms with Crippen LogP contribution in [0.1, 0.15) is 31.7 Å². The van der Waals surface area contributed by atoms with E-state index in [4.69, 9.17) is 0 Å². The minimum absolute atomic E-state index is 0. The van der Waals surface area contributed by atoms with Crippen molar-refractivity contribution in [2.45, 2.75) is 38.8 Å². The first-order valence-electron chi connectivity index (χ1n) is 10.5. The normalized spacial score (nSPS) is 15.8. The van der Waals surface area contributed by atoms with Crippen molar-refractivity contribution in [1.29, 1.82) is 0 Å². The lowest BCUT2D eigenvalue weighted by atomic mass is 10.2. The van der Waals surface area contributed by atoms with E-state index in [-0.39, 0.29) is 35.9 Å². The molecule has 1 saturated heterocycles. The zero-order valence-electron chi connectivity index (χ0n) is 18.3. The van der Waals surface area contributed by atoms with E-state index < -0.39 is 11.6 Å². The van der Waals surface area contributed by atoms with Gasteiger partial charge in [-0.25, -0.2) is 8.78 Å². The van der Waals surface area contributed by atoms with E-state index in [2.05, 4.69) is 20.9 Å². The van der Waals surface area contributed by atoms with Crippen LogP contribution < -0.4 is 20.9 Å². The number of halogens is 3. The molecule has 2 aromatic carbocycles. The Kier molecular flexibility index (Phi) is 10.1. The molecule has 174 valence electrons. The molecule has 1 atom stereocenters. The van der Waals surface area contributed by atoms with Gasteiger partial charge in [0.25, 0.3) is 0 Å². The number of amides is 1. The molecule has 6 nitrogen and oxygen atoms in total. The molecule has 0 bridgehead atoms. The van der Waals surface area contributed by atoms with E-state index in [1.807, 2.05) is 36.1 Å². The van der Waals surface area contributed by atoms with Crippen LogP contribution in [0, 0.1) is 11.6 Å². The molecular formula is C23H30F2IN5O. The predicted octanol–water partition coefficient (Wildman–Crippen LogP) is 4.27. The second-order valence-corrected chi connectivity index (χ2v) is 7.59. The van der Waals surface area contributed by atoms with Crippen molar-refractivity contribution >= 4 is 47.2 Å². The maximum absolute atomic E-state index is 14.0. The molecule has 1 amide bonds. The lowest BCUT2D eigenvalue weighted by Crippen LogP contribution is -2.44. The van der Waals surface area contributed by atoms with Gasteiger partial charge in [0, 0.05) is 50.9 Å². The molecule has 1 aliphatic heterocycles. The molecule has 3 N–H and O–H groups in total. The van der Waals surface area contributed by atoms with Gasteiger partial charge in [-0.1, -0.05) is 19.1 Å². The number of nitrogens with one attached hydrogen (secondary N) is 3. The Morgan fingerprint density at radius 2 is 1.94 bits per heavy atom. The third-order valence-corrected chi connectivity index (χ3v) is 5.18. The van der Waals surface area contributed by atoms with Gasteiger partial charge in [0.05, 0.1) is 5.69 Å². The molecule has 1 fully saturated rings. The number of carbonyl (C=O) groups excluding carboxylic acids is 1. The monoisotopic (exact) mass is 557 g/mol. The number of carbonyl (C=O) groups is 1. The van der Waals surface area contributed by atoms with Gasteiger partial charge in [-0.3, -0.25) is 9.79 Å². The molecule has 0 aliphatic carbocycles. The Labute approximate surface area is 204 Å². The minimum atomic E-state index is -0.573. The van der Waals surface area contributed by atoms with Gasteiger partial charge in [0.2, 0.25) is 5.91 Å². The molecule has 0 spiro atoms. The summed E-state index contributed by atoms with van der Waals surface area (Å²) in [5, 5.41) is 9.51. The van der Waals surface area contributed by atoms with Gasteiger partial charge in [-0.05, 0) is 42.7 Å². The van der Waals surface area contributed by atoms with E-state index >= 15 is 0 Å². The Hall–Kier alpha value is -2.43. The molecule has 32 heavy (non-hydrogen) atoms. The number of benzene rings is 2. The van der Waals surface area contributed by atoms with Crippen LogP contribution in [0.2, 0.25) is 0 Å². The van der Waals surface area contributed by atoms with Crippen LogP contribution in [0.15, 0.2) is 47.5 Å². The molecule has 0 radical (unpaired) electrons. The summed E-state index contributed by atoms with van der Waals surface area (Å²) in [4.78, 5) is 17.8. The molecule has 9 heteroatoms. The maximum Gasteiger partial charge on any atom is 0.224 e. The molecule has 0 saturated carbocycles. The van der Waals surface area contributed by atoms with Gasteiger partial charge in [-0.2, -0.15) is 0 Å². The summed E-state index contributed by atoms with van der Waals surface area (Å²) in [5.41, 5.74) is 2.25. The summed E-state index contributed by atoms with van der Waals surface area (Å²) in [6.45, 7) is 3.84. The predicted molar refractivity (Wildman–Crippen MR) is 136 cm³/mol. The third kappa shape index (κ3) is 7.32. The largest absolute Gasteiger partial charge is 0.367 e. The standard InChI is InChI=1S/C23H29F2N5O.HI/c1-3-4-22(31)28-18-8-5-16(6-9-18)14-27-23(26-2)29-19-11-12-30(15-19)21-10-7-17(24)13-20(21)25;/h5-10,13,19H,3-4,11-12,14-15H2,1-2H3,(H,28,31)(H2,26,27,29);1H. The van der Waals surface area contributed by atoms with Gasteiger partial charge in [0.15, 0.2) is 5.96 Å². The van der Waals surface area contributed by atoms with Crippen LogP contribution in [-0.4, -0.2) is 38.0 Å². The Morgan fingerprint density at radius 1 is 1.19 bits per heavy atom. The molecule has 2 aromatic rings. The topological polar surface area (TPSA) is 68.8 Å². The first kappa shape index (κ1) is 25.8. The van der Waals surface area contributed by atoms with E-state index in [1.165, 1.54) is 12.1 Å². The zero-order chi connectivity index (χ0) is 22.2. The van der Waals surface area contributed by atoms with Crippen molar-refractivity contribution < 1.29 is 13.6 Å². The fourth-order valence-corrected chi connectivity index (χ4v) is 3.56. The Morgan fingerprint density at radius 3 is 2.59 bits per heavy atom. The van der Waals surface area contributed by atoms with Gasteiger partial charge < -0.3 is 20.9 Å². The van der Waals surface area contributed by atoms with Crippen molar-refractivity contribution in [2.75, 3.05) is 30.4 Å². The number of hydrogen-bond acceptors (Lipinski definition) is 3. The highest BCUT2D eigenvalue weighted by atomic mass is 127. The van der Waals surface area contributed by atoms with Crippen LogP contribution >= 0.6 is 24.0 Å². The second kappa shape index (κ2) is 12.6. The second-order valence-electron chi connectivity index (χ2n) is 7.59. The molecule has 0 aromatic heterocycles. The van der Waals surface area contributed by atoms with Gasteiger partial charge in [0.1, 0.15) is 11.6 Å². The van der Waals surface area contributed by atoms with Crippen LogP contribution in [0.5, 0.6) is 0 Å². The molecule has 1 aliphatic rings. The van der Waals surface area contributed by atoms with E-state index in [9.17, 15) is 13.6 Å². The highest BCUT2D eigenvalue weighted by Gasteiger charge is 2.25. The smallest absolute Gasteiger partial charge is 0.224 e. The van der Waals surface area contributed by atoms with Crippen LogP contribution in [0.25, 0.3) is 0 Å². The SMILES string of the molecule is CCCC(=O)Nc1ccc(CNC(=NC)NC2CCN(c3ccc(F)cc3F)C2)cc1.I. The molecule has 1 unspecified atom stereocenters. The lowest BCUT2D eigenvalue weighted by molar-refractivity contribution is -0.116. The molecule has 3 rings (SSSR count). The average Bonchev–Trinajstić information content (AvgIpc) is 3.20. The number of nitrogens with zero attached hydrogens (tertiary/aromatic N) is 2. The van der Waals surface area contributed by atoms with Crippen molar-refractivity contribution in [3.63, 3.8) is 0 Å².